The molecule has 1 heterocycles. The lowest BCUT2D eigenvalue weighted by Gasteiger charge is -2.34. The first-order valence-electron chi connectivity index (χ1n) is 8.62. The van der Waals surface area contributed by atoms with Crippen LogP contribution in [0.15, 0.2) is 36.4 Å². The van der Waals surface area contributed by atoms with Gasteiger partial charge < -0.3 is 5.32 Å². The van der Waals surface area contributed by atoms with Gasteiger partial charge in [0.05, 0.1) is 6.26 Å². The third kappa shape index (κ3) is 3.52. The number of amides is 1. The van der Waals surface area contributed by atoms with Crippen molar-refractivity contribution in [1.82, 2.24) is 4.31 Å². The summed E-state index contributed by atoms with van der Waals surface area (Å²) in [5, 5.41) is 2.97. The van der Waals surface area contributed by atoms with Gasteiger partial charge in [0, 0.05) is 12.2 Å². The lowest BCUT2D eigenvalue weighted by Crippen LogP contribution is -2.44. The zero-order valence-corrected chi connectivity index (χ0v) is 16.4. The van der Waals surface area contributed by atoms with E-state index in [1.54, 1.807) is 0 Å². The molecule has 1 aliphatic heterocycles. The van der Waals surface area contributed by atoms with Crippen molar-refractivity contribution in [1.29, 1.82) is 0 Å². The summed E-state index contributed by atoms with van der Waals surface area (Å²) in [6, 6.07) is 10.7. The summed E-state index contributed by atoms with van der Waals surface area (Å²) in [5.41, 5.74) is 5.57. The molecule has 5 nitrogen and oxygen atoms in total. The number of nitrogens with one attached hydrogen (secondary N) is 1. The molecule has 2 aromatic carbocycles. The molecule has 138 valence electrons. The second-order valence-electron chi connectivity index (χ2n) is 6.99. The molecule has 0 fully saturated rings. The van der Waals surface area contributed by atoms with E-state index in [1.807, 2.05) is 57.2 Å². The van der Waals surface area contributed by atoms with Gasteiger partial charge in [-0.3, -0.25) is 4.79 Å². The van der Waals surface area contributed by atoms with Crippen LogP contribution in [0.3, 0.4) is 0 Å². The Bertz CT molecular complexity index is 944. The molecular formula is C20H24N2O3S. The number of rotatable bonds is 3. The van der Waals surface area contributed by atoms with Crippen molar-refractivity contribution < 1.29 is 13.2 Å². The van der Waals surface area contributed by atoms with Crippen LogP contribution in [0.1, 0.15) is 33.9 Å². The van der Waals surface area contributed by atoms with Gasteiger partial charge in [-0.1, -0.05) is 42.0 Å². The first-order chi connectivity index (χ1) is 12.2. The summed E-state index contributed by atoms with van der Waals surface area (Å²) >= 11 is 0. The number of hydrogen-bond acceptors (Lipinski definition) is 3. The van der Waals surface area contributed by atoms with E-state index < -0.39 is 16.1 Å². The normalized spacial score (nSPS) is 17.6. The van der Waals surface area contributed by atoms with E-state index in [4.69, 9.17) is 0 Å². The van der Waals surface area contributed by atoms with Gasteiger partial charge in [0.25, 0.3) is 0 Å². The van der Waals surface area contributed by atoms with E-state index in [0.29, 0.717) is 13.0 Å². The highest BCUT2D eigenvalue weighted by atomic mass is 32.2. The van der Waals surface area contributed by atoms with Crippen LogP contribution in [0, 0.1) is 20.8 Å². The molecule has 1 aliphatic rings. The predicted octanol–water partition coefficient (Wildman–Crippen LogP) is 3.11. The van der Waals surface area contributed by atoms with Crippen LogP contribution in [0.25, 0.3) is 0 Å². The van der Waals surface area contributed by atoms with Crippen molar-refractivity contribution in [3.8, 4) is 0 Å². The lowest BCUT2D eigenvalue weighted by molar-refractivity contribution is -0.120. The maximum atomic E-state index is 13.2. The molecule has 1 unspecified atom stereocenters. The van der Waals surface area contributed by atoms with Crippen molar-refractivity contribution in [3.63, 3.8) is 0 Å². The van der Waals surface area contributed by atoms with Gasteiger partial charge in [-0.25, -0.2) is 8.42 Å². The molecule has 1 atom stereocenters. The average Bonchev–Trinajstić information content (AvgIpc) is 2.56. The minimum atomic E-state index is -3.51. The Balaban J connectivity index is 2.03. The van der Waals surface area contributed by atoms with Crippen molar-refractivity contribution in [2.75, 3.05) is 18.1 Å². The minimum absolute atomic E-state index is 0.305. The average molecular weight is 372 g/mol. The monoisotopic (exact) mass is 372 g/mol. The van der Waals surface area contributed by atoms with Gasteiger partial charge >= 0.3 is 0 Å². The van der Waals surface area contributed by atoms with Crippen molar-refractivity contribution in [2.45, 2.75) is 33.2 Å². The summed E-state index contributed by atoms with van der Waals surface area (Å²) in [5.74, 6) is -0.322. The topological polar surface area (TPSA) is 66.5 Å². The molecule has 0 bridgehead atoms. The highest BCUT2D eigenvalue weighted by Gasteiger charge is 2.38. The molecule has 1 N–H and O–H groups in total. The molecule has 0 aliphatic carbocycles. The second-order valence-corrected chi connectivity index (χ2v) is 8.92. The molecule has 2 aromatic rings. The molecule has 0 aromatic heterocycles. The Hall–Kier alpha value is -2.18. The van der Waals surface area contributed by atoms with E-state index in [1.165, 1.54) is 4.31 Å². The fourth-order valence-corrected chi connectivity index (χ4v) is 4.76. The maximum absolute atomic E-state index is 13.2. The van der Waals surface area contributed by atoms with E-state index in [2.05, 4.69) is 5.32 Å². The molecule has 3 rings (SSSR count). The molecule has 0 saturated carbocycles. The number of nitrogens with zero attached hydrogens (tertiary/aromatic N) is 1. The van der Waals surface area contributed by atoms with Gasteiger partial charge in [-0.05, 0) is 49.4 Å². The van der Waals surface area contributed by atoms with Crippen LogP contribution in [-0.4, -0.2) is 31.4 Å². The molecular weight excluding hydrogens is 348 g/mol. The molecule has 6 heteroatoms. The molecule has 0 spiro atoms. The quantitative estimate of drug-likeness (QED) is 0.900. The summed E-state index contributed by atoms with van der Waals surface area (Å²) in [4.78, 5) is 13.2. The van der Waals surface area contributed by atoms with Crippen LogP contribution in [0.5, 0.6) is 0 Å². The smallest absolute Gasteiger partial charge is 0.247 e. The van der Waals surface area contributed by atoms with E-state index in [9.17, 15) is 13.2 Å². The summed E-state index contributed by atoms with van der Waals surface area (Å²) in [6.45, 7) is 6.20. The third-order valence-corrected chi connectivity index (χ3v) is 6.08. The van der Waals surface area contributed by atoms with Gasteiger partial charge in [0.2, 0.25) is 15.9 Å². The number of fused-ring (bicyclic) bond motifs is 1. The van der Waals surface area contributed by atoms with E-state index in [-0.39, 0.29) is 5.91 Å². The number of carbonyl (C=O) groups excluding carboxylic acids is 1. The largest absolute Gasteiger partial charge is 0.324 e. The highest BCUT2D eigenvalue weighted by Crippen LogP contribution is 2.33. The van der Waals surface area contributed by atoms with Gasteiger partial charge in [0.15, 0.2) is 0 Å². The Morgan fingerprint density at radius 2 is 1.73 bits per heavy atom. The van der Waals surface area contributed by atoms with Crippen LogP contribution >= 0.6 is 0 Å². The number of hydrogen-bond donors (Lipinski definition) is 1. The number of aryl methyl sites for hydroxylation is 3. The zero-order chi connectivity index (χ0) is 19.1. The lowest BCUT2D eigenvalue weighted by atomic mass is 9.93. The van der Waals surface area contributed by atoms with Gasteiger partial charge in [-0.15, -0.1) is 0 Å². The van der Waals surface area contributed by atoms with E-state index >= 15 is 0 Å². The van der Waals surface area contributed by atoms with Crippen molar-refractivity contribution in [3.05, 3.63) is 64.2 Å². The van der Waals surface area contributed by atoms with Gasteiger partial charge in [0.1, 0.15) is 6.04 Å². The number of benzene rings is 2. The van der Waals surface area contributed by atoms with Crippen molar-refractivity contribution in [2.24, 2.45) is 0 Å². The Morgan fingerprint density at radius 3 is 2.35 bits per heavy atom. The molecule has 1 amide bonds. The number of sulfonamides is 1. The first kappa shape index (κ1) is 18.6. The highest BCUT2D eigenvalue weighted by molar-refractivity contribution is 7.88. The van der Waals surface area contributed by atoms with Crippen LogP contribution in [0.4, 0.5) is 5.69 Å². The predicted molar refractivity (Wildman–Crippen MR) is 104 cm³/mol. The molecule has 0 radical (unpaired) electrons. The fraction of sp³-hybridized carbons (Fsp3) is 0.350. The number of anilines is 1. The van der Waals surface area contributed by atoms with E-state index in [0.717, 1.165) is 39.8 Å². The SMILES string of the molecule is Cc1cc(C)c(NC(=O)C2c3ccccc3CCN2S(C)(=O)=O)c(C)c1. The summed E-state index contributed by atoms with van der Waals surface area (Å²) in [7, 11) is -3.51. The van der Waals surface area contributed by atoms with Crippen LogP contribution in [-0.2, 0) is 21.2 Å². The van der Waals surface area contributed by atoms with Crippen molar-refractivity contribution >= 4 is 21.6 Å². The molecule has 0 saturated heterocycles. The Kier molecular flexibility index (Phi) is 4.90. The number of carbonyl (C=O) groups is 1. The minimum Gasteiger partial charge on any atom is -0.324 e. The third-order valence-electron chi connectivity index (χ3n) is 4.84. The standard InChI is InChI=1S/C20H24N2O3S/c1-13-11-14(2)18(15(3)12-13)21-20(23)19-17-8-6-5-7-16(17)9-10-22(19)26(4,24)25/h5-8,11-12,19H,9-10H2,1-4H3,(H,21,23). The second kappa shape index (κ2) is 6.85. The molecule has 26 heavy (non-hydrogen) atoms. The first-order valence-corrected chi connectivity index (χ1v) is 10.5. The Labute approximate surface area is 155 Å². The summed E-state index contributed by atoms with van der Waals surface area (Å²) in [6.07, 6.45) is 1.76. The van der Waals surface area contributed by atoms with Gasteiger partial charge in [-0.2, -0.15) is 4.31 Å². The maximum Gasteiger partial charge on any atom is 0.247 e. The summed E-state index contributed by atoms with van der Waals surface area (Å²) < 4.78 is 25.9. The van der Waals surface area contributed by atoms with Crippen LogP contribution in [0.2, 0.25) is 0 Å². The Morgan fingerprint density at radius 1 is 1.12 bits per heavy atom. The zero-order valence-electron chi connectivity index (χ0n) is 15.5. The van der Waals surface area contributed by atoms with Crippen LogP contribution < -0.4 is 5.32 Å². The fourth-order valence-electron chi connectivity index (χ4n) is 3.74.